The van der Waals surface area contributed by atoms with E-state index in [1.807, 2.05) is 59.7 Å². The number of nitrogens with zero attached hydrogens (tertiary/aromatic N) is 4. The van der Waals surface area contributed by atoms with E-state index < -0.39 is 0 Å². The van der Waals surface area contributed by atoms with Crippen LogP contribution in [-0.4, -0.2) is 19.3 Å². The topological polar surface area (TPSA) is 35.6 Å². The normalized spacial score (nSPS) is 10.8. The van der Waals surface area contributed by atoms with Crippen molar-refractivity contribution >= 4 is 0 Å². The summed E-state index contributed by atoms with van der Waals surface area (Å²) >= 11 is 0. The number of rotatable bonds is 4. The first-order valence-electron chi connectivity index (χ1n) is 6.47. The lowest BCUT2D eigenvalue weighted by molar-refractivity contribution is 0.702. The van der Waals surface area contributed by atoms with E-state index >= 15 is 0 Å². The van der Waals surface area contributed by atoms with E-state index in [1.54, 1.807) is 0 Å². The summed E-state index contributed by atoms with van der Waals surface area (Å²) in [6.07, 6.45) is 6.77. The van der Waals surface area contributed by atoms with Crippen LogP contribution in [0.5, 0.6) is 0 Å². The second-order valence-corrected chi connectivity index (χ2v) is 4.41. The summed E-state index contributed by atoms with van der Waals surface area (Å²) in [5, 5.41) is 4.60. The Morgan fingerprint density at radius 2 is 1.89 bits per heavy atom. The predicted molar refractivity (Wildman–Crippen MR) is 74.3 cm³/mol. The Labute approximate surface area is 112 Å². The Kier molecular flexibility index (Phi) is 3.14. The Hall–Kier alpha value is -2.36. The van der Waals surface area contributed by atoms with Crippen molar-refractivity contribution in [2.45, 2.75) is 19.9 Å². The summed E-state index contributed by atoms with van der Waals surface area (Å²) < 4.78 is 4.04. The molecule has 0 aliphatic rings. The van der Waals surface area contributed by atoms with Gasteiger partial charge in [-0.3, -0.25) is 0 Å². The molecule has 0 aliphatic heterocycles. The maximum absolute atomic E-state index is 4.60. The fourth-order valence-corrected chi connectivity index (χ4v) is 2.14. The third-order valence-corrected chi connectivity index (χ3v) is 3.12. The highest BCUT2D eigenvalue weighted by Gasteiger charge is 2.04. The van der Waals surface area contributed by atoms with Gasteiger partial charge in [0.15, 0.2) is 0 Å². The fraction of sp³-hybridized carbons (Fsp3) is 0.200. The van der Waals surface area contributed by atoms with Gasteiger partial charge in [-0.1, -0.05) is 25.1 Å². The molecule has 0 saturated heterocycles. The summed E-state index contributed by atoms with van der Waals surface area (Å²) in [5.41, 5.74) is 2.12. The second-order valence-electron chi connectivity index (χ2n) is 4.41. The molecule has 0 unspecified atom stereocenters. The minimum Gasteiger partial charge on any atom is -0.329 e. The quantitative estimate of drug-likeness (QED) is 0.715. The van der Waals surface area contributed by atoms with E-state index in [2.05, 4.69) is 21.6 Å². The van der Waals surface area contributed by atoms with Crippen molar-refractivity contribution in [3.8, 4) is 5.69 Å². The molecule has 4 nitrogen and oxygen atoms in total. The summed E-state index contributed by atoms with van der Waals surface area (Å²) in [6.45, 7) is 2.88. The lowest BCUT2D eigenvalue weighted by Gasteiger charge is -2.04. The number of benzene rings is 1. The van der Waals surface area contributed by atoms with Crippen molar-refractivity contribution in [2.75, 3.05) is 0 Å². The maximum Gasteiger partial charge on any atom is 0.108 e. The predicted octanol–water partition coefficient (Wildman–Crippen LogP) is 2.68. The molecule has 0 spiro atoms. The molecule has 0 N–H and O–H groups in total. The summed E-state index contributed by atoms with van der Waals surface area (Å²) in [5.74, 6) is 1.09. The highest BCUT2D eigenvalue weighted by molar-refractivity contribution is 5.30. The standard InChI is InChI=1S/C15H16N4/c1-2-15-16-9-11-18(15)12-13-8-10-19(17-13)14-6-4-3-5-7-14/h3-11H,2,12H2,1H3. The molecule has 96 valence electrons. The molecule has 19 heavy (non-hydrogen) atoms. The van der Waals surface area contributed by atoms with Gasteiger partial charge in [0.05, 0.1) is 17.9 Å². The molecule has 0 bridgehead atoms. The van der Waals surface area contributed by atoms with Gasteiger partial charge >= 0.3 is 0 Å². The van der Waals surface area contributed by atoms with Crippen molar-refractivity contribution in [1.29, 1.82) is 0 Å². The van der Waals surface area contributed by atoms with Crippen molar-refractivity contribution in [3.63, 3.8) is 0 Å². The molecular weight excluding hydrogens is 236 g/mol. The summed E-state index contributed by atoms with van der Waals surface area (Å²) in [6, 6.07) is 12.2. The van der Waals surface area contributed by atoms with Crippen LogP contribution in [0.15, 0.2) is 55.0 Å². The van der Waals surface area contributed by atoms with E-state index in [0.29, 0.717) is 0 Å². The average molecular weight is 252 g/mol. The van der Waals surface area contributed by atoms with Crippen LogP contribution in [0.25, 0.3) is 5.69 Å². The lowest BCUT2D eigenvalue weighted by atomic mass is 10.3. The summed E-state index contributed by atoms with van der Waals surface area (Å²) in [4.78, 5) is 4.32. The molecule has 0 fully saturated rings. The molecule has 2 heterocycles. The van der Waals surface area contributed by atoms with E-state index in [4.69, 9.17) is 0 Å². The zero-order chi connectivity index (χ0) is 13.1. The first-order chi connectivity index (χ1) is 9.36. The fourth-order valence-electron chi connectivity index (χ4n) is 2.14. The maximum atomic E-state index is 4.60. The van der Waals surface area contributed by atoms with Crippen molar-refractivity contribution < 1.29 is 0 Å². The van der Waals surface area contributed by atoms with Crippen molar-refractivity contribution in [1.82, 2.24) is 19.3 Å². The minimum absolute atomic E-state index is 0.767. The zero-order valence-electron chi connectivity index (χ0n) is 10.9. The zero-order valence-corrected chi connectivity index (χ0v) is 10.9. The molecule has 2 aromatic heterocycles. The smallest absolute Gasteiger partial charge is 0.108 e. The third kappa shape index (κ3) is 2.42. The SMILES string of the molecule is CCc1nccn1Cc1ccn(-c2ccccc2)n1. The molecule has 1 aromatic carbocycles. The van der Waals surface area contributed by atoms with Gasteiger partial charge in [-0.25, -0.2) is 9.67 Å². The molecule has 0 amide bonds. The average Bonchev–Trinajstić information content (AvgIpc) is 3.09. The van der Waals surface area contributed by atoms with Gasteiger partial charge < -0.3 is 4.57 Å². The number of aryl methyl sites for hydroxylation is 1. The number of para-hydroxylation sites is 1. The van der Waals surface area contributed by atoms with Gasteiger partial charge in [0.1, 0.15) is 5.82 Å². The number of hydrogen-bond acceptors (Lipinski definition) is 2. The van der Waals surface area contributed by atoms with Gasteiger partial charge in [-0.2, -0.15) is 5.10 Å². The number of hydrogen-bond donors (Lipinski definition) is 0. The van der Waals surface area contributed by atoms with E-state index in [9.17, 15) is 0 Å². The Morgan fingerprint density at radius 1 is 1.05 bits per heavy atom. The van der Waals surface area contributed by atoms with Crippen LogP contribution in [0.1, 0.15) is 18.4 Å². The van der Waals surface area contributed by atoms with Gasteiger partial charge in [-0.15, -0.1) is 0 Å². The van der Waals surface area contributed by atoms with Gasteiger partial charge in [0.2, 0.25) is 0 Å². The van der Waals surface area contributed by atoms with Crippen LogP contribution in [0.2, 0.25) is 0 Å². The third-order valence-electron chi connectivity index (χ3n) is 3.12. The monoisotopic (exact) mass is 252 g/mol. The molecular formula is C15H16N4. The number of aromatic nitrogens is 4. The molecule has 3 aromatic rings. The molecule has 4 heteroatoms. The molecule has 0 saturated carbocycles. The highest BCUT2D eigenvalue weighted by atomic mass is 15.3. The molecule has 0 aliphatic carbocycles. The second kappa shape index (κ2) is 5.10. The molecule has 0 radical (unpaired) electrons. The van der Waals surface area contributed by atoms with E-state index in [0.717, 1.165) is 30.2 Å². The van der Waals surface area contributed by atoms with Crippen molar-refractivity contribution in [2.24, 2.45) is 0 Å². The van der Waals surface area contributed by atoms with Crippen LogP contribution in [0.4, 0.5) is 0 Å². The van der Waals surface area contributed by atoms with Gasteiger partial charge in [-0.05, 0) is 18.2 Å². The van der Waals surface area contributed by atoms with Crippen LogP contribution in [0, 0.1) is 0 Å². The van der Waals surface area contributed by atoms with Crippen LogP contribution in [-0.2, 0) is 13.0 Å². The largest absolute Gasteiger partial charge is 0.329 e. The summed E-state index contributed by atoms with van der Waals surface area (Å²) in [7, 11) is 0. The lowest BCUT2D eigenvalue weighted by Crippen LogP contribution is -2.04. The minimum atomic E-state index is 0.767. The first-order valence-corrected chi connectivity index (χ1v) is 6.47. The molecule has 0 atom stereocenters. The Morgan fingerprint density at radius 3 is 2.68 bits per heavy atom. The first kappa shape index (κ1) is 11.7. The Balaban J connectivity index is 1.82. The highest BCUT2D eigenvalue weighted by Crippen LogP contribution is 2.09. The number of imidazole rings is 1. The van der Waals surface area contributed by atoms with Crippen LogP contribution >= 0.6 is 0 Å². The van der Waals surface area contributed by atoms with Crippen molar-refractivity contribution in [3.05, 3.63) is 66.5 Å². The Bertz CT molecular complexity index is 652. The van der Waals surface area contributed by atoms with Gasteiger partial charge in [0, 0.05) is 25.0 Å². The molecule has 3 rings (SSSR count). The van der Waals surface area contributed by atoms with Crippen LogP contribution in [0.3, 0.4) is 0 Å². The van der Waals surface area contributed by atoms with E-state index in [-0.39, 0.29) is 0 Å². The van der Waals surface area contributed by atoms with Crippen LogP contribution < -0.4 is 0 Å². The van der Waals surface area contributed by atoms with E-state index in [1.165, 1.54) is 0 Å². The van der Waals surface area contributed by atoms with Gasteiger partial charge in [0.25, 0.3) is 0 Å².